The standard InChI is InChI=1S/C17H24FN5O2/c1-11(2)23-9-13(7-20-23)21-17-19-8-15(18)16(22-17)25-10-12-3-5-14(24)6-4-12/h7-9,11-12,14,24H,3-6,10H2,1-2H3,(H,19,21,22)/t12-,14-. The van der Waals surface area contributed by atoms with E-state index >= 15 is 0 Å². The highest BCUT2D eigenvalue weighted by Crippen LogP contribution is 2.26. The zero-order chi connectivity index (χ0) is 17.8. The van der Waals surface area contributed by atoms with Gasteiger partial charge in [-0.1, -0.05) is 0 Å². The van der Waals surface area contributed by atoms with Crippen molar-refractivity contribution in [2.24, 2.45) is 5.92 Å². The topological polar surface area (TPSA) is 85.1 Å². The zero-order valence-electron chi connectivity index (χ0n) is 14.5. The van der Waals surface area contributed by atoms with Crippen molar-refractivity contribution in [1.82, 2.24) is 19.7 Å². The molecule has 0 aromatic carbocycles. The highest BCUT2D eigenvalue weighted by molar-refractivity contribution is 5.50. The molecule has 0 radical (unpaired) electrons. The molecule has 0 aliphatic heterocycles. The Morgan fingerprint density at radius 1 is 1.32 bits per heavy atom. The van der Waals surface area contributed by atoms with Crippen molar-refractivity contribution in [3.8, 4) is 5.88 Å². The van der Waals surface area contributed by atoms with E-state index in [1.165, 1.54) is 0 Å². The molecule has 2 aromatic rings. The first-order chi connectivity index (χ1) is 12.0. The van der Waals surface area contributed by atoms with Crippen LogP contribution in [0.5, 0.6) is 5.88 Å². The molecule has 136 valence electrons. The maximum atomic E-state index is 13.9. The van der Waals surface area contributed by atoms with Crippen LogP contribution < -0.4 is 10.1 Å². The Kier molecular flexibility index (Phi) is 5.47. The highest BCUT2D eigenvalue weighted by atomic mass is 19.1. The van der Waals surface area contributed by atoms with Crippen molar-refractivity contribution in [3.05, 3.63) is 24.4 Å². The van der Waals surface area contributed by atoms with Crippen molar-refractivity contribution >= 4 is 11.6 Å². The Labute approximate surface area is 146 Å². The van der Waals surface area contributed by atoms with Gasteiger partial charge in [-0.15, -0.1) is 0 Å². The lowest BCUT2D eigenvalue weighted by atomic mass is 9.88. The summed E-state index contributed by atoms with van der Waals surface area (Å²) in [5, 5.41) is 16.8. The molecule has 0 amide bonds. The summed E-state index contributed by atoms with van der Waals surface area (Å²) in [7, 11) is 0. The number of nitrogens with zero attached hydrogens (tertiary/aromatic N) is 4. The molecule has 8 heteroatoms. The molecule has 2 heterocycles. The van der Waals surface area contributed by atoms with Gasteiger partial charge < -0.3 is 15.2 Å². The van der Waals surface area contributed by atoms with Gasteiger partial charge in [0.15, 0.2) is 0 Å². The normalized spacial score (nSPS) is 20.7. The lowest BCUT2D eigenvalue weighted by molar-refractivity contribution is 0.0899. The zero-order valence-corrected chi connectivity index (χ0v) is 14.5. The van der Waals surface area contributed by atoms with Gasteiger partial charge in [-0.25, -0.2) is 4.98 Å². The predicted octanol–water partition coefficient (Wildman–Crippen LogP) is 3.07. The number of nitrogens with one attached hydrogen (secondary N) is 1. The summed E-state index contributed by atoms with van der Waals surface area (Å²) >= 11 is 0. The SMILES string of the molecule is CC(C)n1cc(Nc2ncc(F)c(OC[C@H]3CC[C@H](O)CC3)n2)cn1. The number of halogens is 1. The van der Waals surface area contributed by atoms with Gasteiger partial charge in [-0.05, 0) is 45.4 Å². The monoisotopic (exact) mass is 349 g/mol. The second-order valence-corrected chi connectivity index (χ2v) is 6.76. The lowest BCUT2D eigenvalue weighted by Gasteiger charge is -2.25. The molecule has 0 bridgehead atoms. The van der Waals surface area contributed by atoms with E-state index in [1.807, 2.05) is 20.0 Å². The van der Waals surface area contributed by atoms with Gasteiger partial charge in [0.1, 0.15) is 0 Å². The van der Waals surface area contributed by atoms with E-state index in [-0.39, 0.29) is 24.0 Å². The number of hydrogen-bond donors (Lipinski definition) is 2. The number of hydrogen-bond acceptors (Lipinski definition) is 6. The van der Waals surface area contributed by atoms with Crippen molar-refractivity contribution in [3.63, 3.8) is 0 Å². The van der Waals surface area contributed by atoms with E-state index in [0.717, 1.165) is 37.6 Å². The van der Waals surface area contributed by atoms with Crippen molar-refractivity contribution < 1.29 is 14.2 Å². The summed E-state index contributed by atoms with van der Waals surface area (Å²) in [6, 6.07) is 0.248. The third-order valence-corrected chi connectivity index (χ3v) is 4.37. The summed E-state index contributed by atoms with van der Waals surface area (Å²) < 4.78 is 21.3. The smallest absolute Gasteiger partial charge is 0.255 e. The van der Waals surface area contributed by atoms with Gasteiger partial charge in [0, 0.05) is 12.2 Å². The first-order valence-corrected chi connectivity index (χ1v) is 8.66. The maximum Gasteiger partial charge on any atom is 0.255 e. The minimum absolute atomic E-state index is 0.0557. The number of anilines is 2. The van der Waals surface area contributed by atoms with Gasteiger partial charge >= 0.3 is 0 Å². The molecule has 2 N–H and O–H groups in total. The summed E-state index contributed by atoms with van der Waals surface area (Å²) in [6.07, 6.45) is 7.70. The van der Waals surface area contributed by atoms with Crippen LogP contribution in [0, 0.1) is 11.7 Å². The molecule has 0 spiro atoms. The van der Waals surface area contributed by atoms with Crippen LogP contribution in [0.1, 0.15) is 45.6 Å². The molecule has 0 unspecified atom stereocenters. The third kappa shape index (κ3) is 4.66. The van der Waals surface area contributed by atoms with E-state index in [9.17, 15) is 9.50 Å². The molecule has 0 atom stereocenters. The number of rotatable bonds is 6. The van der Waals surface area contributed by atoms with Gasteiger partial charge in [-0.3, -0.25) is 4.68 Å². The molecule has 1 saturated carbocycles. The average Bonchev–Trinajstić information content (AvgIpc) is 3.05. The minimum Gasteiger partial charge on any atom is -0.475 e. The van der Waals surface area contributed by atoms with Gasteiger partial charge in [-0.2, -0.15) is 14.5 Å². The number of aromatic nitrogens is 4. The first kappa shape index (κ1) is 17.6. The molecule has 1 aliphatic rings. The fourth-order valence-electron chi connectivity index (χ4n) is 2.84. The van der Waals surface area contributed by atoms with Crippen LogP contribution in [0.4, 0.5) is 16.0 Å². The third-order valence-electron chi connectivity index (χ3n) is 4.37. The van der Waals surface area contributed by atoms with Crippen LogP contribution in [0.25, 0.3) is 0 Å². The number of aliphatic hydroxyl groups is 1. The molecular weight excluding hydrogens is 325 g/mol. The van der Waals surface area contributed by atoms with Crippen LogP contribution in [-0.4, -0.2) is 37.6 Å². The second-order valence-electron chi connectivity index (χ2n) is 6.76. The Bertz CT molecular complexity index is 698. The largest absolute Gasteiger partial charge is 0.475 e. The second kappa shape index (κ2) is 7.77. The average molecular weight is 349 g/mol. The Hall–Kier alpha value is -2.22. The Morgan fingerprint density at radius 3 is 2.76 bits per heavy atom. The lowest BCUT2D eigenvalue weighted by Crippen LogP contribution is -2.23. The van der Waals surface area contributed by atoms with Gasteiger partial charge in [0.2, 0.25) is 11.8 Å². The quantitative estimate of drug-likeness (QED) is 0.834. The molecular formula is C17H24FN5O2. The number of aliphatic hydroxyl groups excluding tert-OH is 1. The molecule has 0 saturated heterocycles. The van der Waals surface area contributed by atoms with E-state index in [0.29, 0.717) is 12.5 Å². The molecule has 2 aromatic heterocycles. The maximum absolute atomic E-state index is 13.9. The van der Waals surface area contributed by atoms with Crippen molar-refractivity contribution in [2.75, 3.05) is 11.9 Å². The van der Waals surface area contributed by atoms with Crippen LogP contribution in [0.15, 0.2) is 18.6 Å². The van der Waals surface area contributed by atoms with Gasteiger partial charge in [0.05, 0.1) is 30.8 Å². The van der Waals surface area contributed by atoms with Crippen LogP contribution >= 0.6 is 0 Å². The summed E-state index contributed by atoms with van der Waals surface area (Å²) in [4.78, 5) is 8.06. The Balaban J connectivity index is 1.61. The molecule has 1 aliphatic carbocycles. The van der Waals surface area contributed by atoms with Crippen LogP contribution in [0.3, 0.4) is 0 Å². The summed E-state index contributed by atoms with van der Waals surface area (Å²) in [5.41, 5.74) is 0.729. The molecule has 25 heavy (non-hydrogen) atoms. The van der Waals surface area contributed by atoms with Gasteiger partial charge in [0.25, 0.3) is 5.88 Å². The van der Waals surface area contributed by atoms with E-state index in [2.05, 4.69) is 20.4 Å². The van der Waals surface area contributed by atoms with Crippen LogP contribution in [-0.2, 0) is 0 Å². The predicted molar refractivity (Wildman–Crippen MR) is 91.3 cm³/mol. The van der Waals surface area contributed by atoms with Crippen molar-refractivity contribution in [1.29, 1.82) is 0 Å². The summed E-state index contributed by atoms with van der Waals surface area (Å²) in [6.45, 7) is 4.45. The molecule has 7 nitrogen and oxygen atoms in total. The Morgan fingerprint density at radius 2 is 2.08 bits per heavy atom. The number of ether oxygens (including phenoxy) is 1. The summed E-state index contributed by atoms with van der Waals surface area (Å²) in [5.74, 6) is -0.0589. The van der Waals surface area contributed by atoms with Crippen molar-refractivity contribution in [2.45, 2.75) is 51.7 Å². The fourth-order valence-corrected chi connectivity index (χ4v) is 2.84. The molecule has 3 rings (SSSR count). The highest BCUT2D eigenvalue weighted by Gasteiger charge is 2.21. The van der Waals surface area contributed by atoms with E-state index in [1.54, 1.807) is 10.9 Å². The minimum atomic E-state index is -0.584. The fraction of sp³-hybridized carbons (Fsp3) is 0.588. The molecule has 1 fully saturated rings. The van der Waals surface area contributed by atoms with E-state index in [4.69, 9.17) is 4.74 Å². The first-order valence-electron chi connectivity index (χ1n) is 8.66. The van der Waals surface area contributed by atoms with E-state index < -0.39 is 5.82 Å². The van der Waals surface area contributed by atoms with Crippen LogP contribution in [0.2, 0.25) is 0 Å².